The molecule has 1 unspecified atom stereocenters. The number of ether oxygens (including phenoxy) is 4. The summed E-state index contributed by atoms with van der Waals surface area (Å²) in [6, 6.07) is 11.7. The van der Waals surface area contributed by atoms with Gasteiger partial charge in [-0.15, -0.1) is 0 Å². The molecule has 0 saturated carbocycles. The number of hydrogen-bond acceptors (Lipinski definition) is 7. The molecule has 28 heavy (non-hydrogen) atoms. The molecule has 1 N–H and O–H groups in total. The SMILES string of the molecule is COc1ccc(CNc2ncnc3cc(OC)c(OC4CCOC4)cc23)cc1. The Morgan fingerprint density at radius 1 is 1.07 bits per heavy atom. The van der Waals surface area contributed by atoms with Gasteiger partial charge in [0.1, 0.15) is 24.0 Å². The van der Waals surface area contributed by atoms with Crippen molar-refractivity contribution >= 4 is 16.7 Å². The average Bonchev–Trinajstić information content (AvgIpc) is 3.25. The van der Waals surface area contributed by atoms with Crippen LogP contribution in [-0.2, 0) is 11.3 Å². The van der Waals surface area contributed by atoms with E-state index in [1.165, 1.54) is 0 Å². The van der Waals surface area contributed by atoms with Crippen molar-refractivity contribution in [3.63, 3.8) is 0 Å². The quantitative estimate of drug-likeness (QED) is 0.672. The van der Waals surface area contributed by atoms with Crippen molar-refractivity contribution in [3.8, 4) is 17.2 Å². The third-order valence-electron chi connectivity index (χ3n) is 4.72. The smallest absolute Gasteiger partial charge is 0.162 e. The van der Waals surface area contributed by atoms with Crippen molar-refractivity contribution in [2.75, 3.05) is 32.8 Å². The minimum absolute atomic E-state index is 0.0340. The number of nitrogens with one attached hydrogen (secondary N) is 1. The molecule has 1 aliphatic heterocycles. The summed E-state index contributed by atoms with van der Waals surface area (Å²) >= 11 is 0. The van der Waals surface area contributed by atoms with Crippen LogP contribution in [0, 0.1) is 0 Å². The van der Waals surface area contributed by atoms with Crippen molar-refractivity contribution in [1.29, 1.82) is 0 Å². The Morgan fingerprint density at radius 3 is 2.64 bits per heavy atom. The van der Waals surface area contributed by atoms with Crippen LogP contribution in [0.25, 0.3) is 10.9 Å². The van der Waals surface area contributed by atoms with E-state index in [4.69, 9.17) is 18.9 Å². The second-order valence-corrected chi connectivity index (χ2v) is 6.55. The molecule has 0 aliphatic carbocycles. The van der Waals surface area contributed by atoms with Gasteiger partial charge in [0, 0.05) is 24.4 Å². The van der Waals surface area contributed by atoms with Crippen molar-refractivity contribution in [3.05, 3.63) is 48.3 Å². The van der Waals surface area contributed by atoms with Crippen LogP contribution in [0.4, 0.5) is 5.82 Å². The average molecular weight is 381 g/mol. The molecular formula is C21H23N3O4. The summed E-state index contributed by atoms with van der Waals surface area (Å²) in [4.78, 5) is 8.79. The molecule has 1 aromatic heterocycles. The first-order chi connectivity index (χ1) is 13.8. The summed E-state index contributed by atoms with van der Waals surface area (Å²) in [6.07, 6.45) is 2.45. The number of hydrogen-bond donors (Lipinski definition) is 1. The summed E-state index contributed by atoms with van der Waals surface area (Å²) in [7, 11) is 3.29. The Labute approximate surface area is 163 Å². The van der Waals surface area contributed by atoms with Crippen LogP contribution in [0.3, 0.4) is 0 Å². The second-order valence-electron chi connectivity index (χ2n) is 6.55. The minimum Gasteiger partial charge on any atom is -0.497 e. The summed E-state index contributed by atoms with van der Waals surface area (Å²) in [5.74, 6) is 2.91. The molecule has 1 atom stereocenters. The van der Waals surface area contributed by atoms with Gasteiger partial charge in [-0.3, -0.25) is 0 Å². The number of fused-ring (bicyclic) bond motifs is 1. The zero-order valence-electron chi connectivity index (χ0n) is 16.0. The molecule has 2 aromatic carbocycles. The van der Waals surface area contributed by atoms with E-state index in [0.717, 1.165) is 41.1 Å². The lowest BCUT2D eigenvalue weighted by Crippen LogP contribution is -2.16. The Kier molecular flexibility index (Phi) is 5.43. The van der Waals surface area contributed by atoms with Gasteiger partial charge in [0.05, 0.1) is 33.0 Å². The zero-order valence-corrected chi connectivity index (χ0v) is 16.0. The Morgan fingerprint density at radius 2 is 1.93 bits per heavy atom. The van der Waals surface area contributed by atoms with E-state index < -0.39 is 0 Å². The summed E-state index contributed by atoms with van der Waals surface area (Å²) in [5.41, 5.74) is 1.92. The topological polar surface area (TPSA) is 74.7 Å². The number of rotatable bonds is 7. The van der Waals surface area contributed by atoms with Gasteiger partial charge < -0.3 is 24.3 Å². The molecule has 0 radical (unpaired) electrons. The van der Waals surface area contributed by atoms with E-state index in [-0.39, 0.29) is 6.10 Å². The van der Waals surface area contributed by atoms with Crippen LogP contribution in [0.2, 0.25) is 0 Å². The third-order valence-corrected chi connectivity index (χ3v) is 4.72. The maximum absolute atomic E-state index is 6.10. The number of aromatic nitrogens is 2. The molecule has 0 amide bonds. The molecule has 3 aromatic rings. The summed E-state index contributed by atoms with van der Waals surface area (Å²) in [6.45, 7) is 1.95. The molecule has 7 heteroatoms. The van der Waals surface area contributed by atoms with E-state index in [1.807, 2.05) is 36.4 Å². The molecule has 1 saturated heterocycles. The zero-order chi connectivity index (χ0) is 19.3. The van der Waals surface area contributed by atoms with Crippen LogP contribution >= 0.6 is 0 Å². The highest BCUT2D eigenvalue weighted by Crippen LogP contribution is 2.35. The predicted octanol–water partition coefficient (Wildman–Crippen LogP) is 3.43. The van der Waals surface area contributed by atoms with E-state index >= 15 is 0 Å². The van der Waals surface area contributed by atoms with Crippen molar-refractivity contribution < 1.29 is 18.9 Å². The van der Waals surface area contributed by atoms with E-state index in [1.54, 1.807) is 20.5 Å². The van der Waals surface area contributed by atoms with E-state index in [2.05, 4.69) is 15.3 Å². The molecule has 2 heterocycles. The van der Waals surface area contributed by atoms with Crippen LogP contribution in [0.15, 0.2) is 42.7 Å². The fourth-order valence-corrected chi connectivity index (χ4v) is 3.17. The molecule has 0 spiro atoms. The molecular weight excluding hydrogens is 358 g/mol. The fourth-order valence-electron chi connectivity index (χ4n) is 3.17. The first-order valence-electron chi connectivity index (χ1n) is 9.21. The van der Waals surface area contributed by atoms with Gasteiger partial charge in [-0.25, -0.2) is 9.97 Å². The molecule has 4 rings (SSSR count). The Hall–Kier alpha value is -3.06. The first kappa shape index (κ1) is 18.3. The van der Waals surface area contributed by atoms with Gasteiger partial charge in [-0.2, -0.15) is 0 Å². The monoisotopic (exact) mass is 381 g/mol. The second kappa shape index (κ2) is 8.31. The molecule has 0 bridgehead atoms. The van der Waals surface area contributed by atoms with Crippen LogP contribution in [0.1, 0.15) is 12.0 Å². The van der Waals surface area contributed by atoms with Crippen molar-refractivity contribution in [1.82, 2.24) is 9.97 Å². The van der Waals surface area contributed by atoms with Gasteiger partial charge >= 0.3 is 0 Å². The normalized spacial score (nSPS) is 16.1. The Balaban J connectivity index is 1.59. The number of nitrogens with zero attached hydrogens (tertiary/aromatic N) is 2. The van der Waals surface area contributed by atoms with Crippen LogP contribution in [-0.4, -0.2) is 43.5 Å². The van der Waals surface area contributed by atoms with E-state index in [0.29, 0.717) is 24.7 Å². The fraction of sp³-hybridized carbons (Fsp3) is 0.333. The summed E-state index contributed by atoms with van der Waals surface area (Å²) in [5, 5.41) is 4.27. The maximum Gasteiger partial charge on any atom is 0.162 e. The predicted molar refractivity (Wildman–Crippen MR) is 106 cm³/mol. The van der Waals surface area contributed by atoms with Gasteiger partial charge in [0.25, 0.3) is 0 Å². The van der Waals surface area contributed by atoms with Crippen molar-refractivity contribution in [2.24, 2.45) is 0 Å². The highest BCUT2D eigenvalue weighted by atomic mass is 16.6. The lowest BCUT2D eigenvalue weighted by atomic mass is 10.2. The third kappa shape index (κ3) is 3.94. The largest absolute Gasteiger partial charge is 0.497 e. The highest BCUT2D eigenvalue weighted by molar-refractivity contribution is 5.91. The number of methoxy groups -OCH3 is 2. The van der Waals surface area contributed by atoms with Crippen LogP contribution in [0.5, 0.6) is 17.2 Å². The number of benzene rings is 2. The molecule has 1 fully saturated rings. The highest BCUT2D eigenvalue weighted by Gasteiger charge is 2.20. The molecule has 1 aliphatic rings. The number of anilines is 1. The lowest BCUT2D eigenvalue weighted by Gasteiger charge is -2.16. The minimum atomic E-state index is 0.0340. The molecule has 146 valence electrons. The van der Waals surface area contributed by atoms with Gasteiger partial charge in [0.15, 0.2) is 11.5 Å². The van der Waals surface area contributed by atoms with Gasteiger partial charge in [-0.1, -0.05) is 12.1 Å². The Bertz CT molecular complexity index is 940. The van der Waals surface area contributed by atoms with Gasteiger partial charge in [0.2, 0.25) is 0 Å². The van der Waals surface area contributed by atoms with Gasteiger partial charge in [-0.05, 0) is 23.8 Å². The first-order valence-corrected chi connectivity index (χ1v) is 9.21. The maximum atomic E-state index is 6.10. The van der Waals surface area contributed by atoms with E-state index in [9.17, 15) is 0 Å². The lowest BCUT2D eigenvalue weighted by molar-refractivity contribution is 0.139. The molecule has 7 nitrogen and oxygen atoms in total. The van der Waals surface area contributed by atoms with Crippen molar-refractivity contribution in [2.45, 2.75) is 19.1 Å². The standard InChI is InChI=1S/C21H23N3O4/c1-25-15-5-3-14(4-6-15)11-22-21-17-9-20(28-16-7-8-27-12-16)19(26-2)10-18(17)23-13-24-21/h3-6,9-10,13,16H,7-8,11-12H2,1-2H3,(H,22,23,24). The van der Waals surface area contributed by atoms with Crippen LogP contribution < -0.4 is 19.5 Å². The summed E-state index contributed by atoms with van der Waals surface area (Å²) < 4.78 is 22.2.